The van der Waals surface area contributed by atoms with Gasteiger partial charge in [-0.05, 0) is 60.0 Å². The number of hydrogen-bond acceptors (Lipinski definition) is 9. The van der Waals surface area contributed by atoms with Gasteiger partial charge in [-0.25, -0.2) is 4.79 Å². The van der Waals surface area contributed by atoms with E-state index in [1.54, 1.807) is 46.5 Å². The number of aryl methyl sites for hydroxylation is 1. The number of nitrogens with zero attached hydrogens (tertiary/aromatic N) is 2. The average molecular weight is 695 g/mol. The lowest BCUT2D eigenvalue weighted by Gasteiger charge is -2.37. The Morgan fingerprint density at radius 2 is 1.33 bits per heavy atom. The molecule has 0 unspecified atom stereocenters. The summed E-state index contributed by atoms with van der Waals surface area (Å²) in [5.74, 6) is 2.45. The largest absolute Gasteiger partial charge is 0.497 e. The topological polar surface area (TPSA) is 120 Å². The van der Waals surface area contributed by atoms with Crippen molar-refractivity contribution in [3.63, 3.8) is 0 Å². The molecular weight excluding hydrogens is 652 g/mol. The van der Waals surface area contributed by atoms with Crippen molar-refractivity contribution in [2.75, 3.05) is 35.0 Å². The maximum atomic E-state index is 13.9. The molecule has 0 saturated carbocycles. The van der Waals surface area contributed by atoms with E-state index >= 15 is 0 Å². The quantitative estimate of drug-likeness (QED) is 0.169. The first-order valence-corrected chi connectivity index (χ1v) is 16.6. The van der Waals surface area contributed by atoms with Crippen LogP contribution >= 0.6 is 0 Å². The second-order valence-electron chi connectivity index (χ2n) is 12.3. The molecule has 51 heavy (non-hydrogen) atoms. The van der Waals surface area contributed by atoms with Crippen LogP contribution < -0.4 is 30.2 Å². The highest BCUT2D eigenvalue weighted by atomic mass is 16.6. The number of hydrogen-bond donors (Lipinski definition) is 1. The Morgan fingerprint density at radius 1 is 0.765 bits per heavy atom. The molecule has 6 rings (SSSR count). The summed E-state index contributed by atoms with van der Waals surface area (Å²) in [6.07, 6.45) is -1.03. The minimum absolute atomic E-state index is 0.0267. The fourth-order valence-corrected chi connectivity index (χ4v) is 6.57. The van der Waals surface area contributed by atoms with Crippen molar-refractivity contribution >= 4 is 0 Å². The number of ether oxygens (including phenoxy) is 6. The molecule has 2 heterocycles. The molecule has 0 bridgehead atoms. The summed E-state index contributed by atoms with van der Waals surface area (Å²) in [5, 5.41) is 11.4. The van der Waals surface area contributed by atoms with E-state index < -0.39 is 35.3 Å². The van der Waals surface area contributed by atoms with Crippen LogP contribution in [0, 0.1) is 6.92 Å². The van der Waals surface area contributed by atoms with E-state index in [4.69, 9.17) is 28.4 Å². The molecule has 1 aromatic heterocycles. The molecule has 0 aliphatic carbocycles. The van der Waals surface area contributed by atoms with E-state index in [0.29, 0.717) is 34.1 Å². The molecule has 0 spiro atoms. The number of benzene rings is 4. The molecule has 1 N–H and O–H groups in total. The lowest BCUT2D eigenvalue weighted by atomic mass is 9.80. The summed E-state index contributed by atoms with van der Waals surface area (Å²) in [4.78, 5) is 27.2. The smallest absolute Gasteiger partial charge is 0.333 e. The van der Waals surface area contributed by atoms with Gasteiger partial charge >= 0.3 is 5.69 Å². The highest BCUT2D eigenvalue weighted by Crippen LogP contribution is 2.42. The zero-order chi connectivity index (χ0) is 36.1. The molecule has 266 valence electrons. The van der Waals surface area contributed by atoms with Gasteiger partial charge in [0.2, 0.25) is 0 Å². The Morgan fingerprint density at radius 3 is 1.90 bits per heavy atom. The molecule has 1 saturated heterocycles. The average Bonchev–Trinajstić information content (AvgIpc) is 3.55. The third-order valence-corrected chi connectivity index (χ3v) is 9.34. The van der Waals surface area contributed by atoms with Crippen molar-refractivity contribution < 1.29 is 33.5 Å². The third kappa shape index (κ3) is 7.01. The fourth-order valence-electron chi connectivity index (χ4n) is 6.57. The van der Waals surface area contributed by atoms with Gasteiger partial charge in [0.15, 0.2) is 0 Å². The monoisotopic (exact) mass is 694 g/mol. The Hall–Kier alpha value is -5.36. The van der Waals surface area contributed by atoms with Crippen LogP contribution in [-0.4, -0.2) is 61.5 Å². The number of aliphatic hydroxyl groups excluding tert-OH is 1. The Balaban J connectivity index is 1.33. The van der Waals surface area contributed by atoms with Crippen molar-refractivity contribution in [1.82, 2.24) is 9.13 Å². The first-order chi connectivity index (χ1) is 24.7. The minimum Gasteiger partial charge on any atom is -0.497 e. The van der Waals surface area contributed by atoms with Crippen LogP contribution in [0.4, 0.5) is 0 Å². The number of methoxy groups -OCH3 is 4. The van der Waals surface area contributed by atoms with Gasteiger partial charge < -0.3 is 33.5 Å². The van der Waals surface area contributed by atoms with E-state index in [2.05, 4.69) is 0 Å². The molecule has 0 amide bonds. The Kier molecular flexibility index (Phi) is 10.6. The predicted octanol–water partition coefficient (Wildman–Crippen LogP) is 5.06. The Labute approximate surface area is 296 Å². The van der Waals surface area contributed by atoms with Gasteiger partial charge in [0.1, 0.15) is 40.9 Å². The maximum Gasteiger partial charge on any atom is 0.333 e. The second-order valence-corrected chi connectivity index (χ2v) is 12.3. The third-order valence-electron chi connectivity index (χ3n) is 9.34. The molecule has 1 fully saturated rings. The van der Waals surface area contributed by atoms with Crippen LogP contribution in [0.25, 0.3) is 0 Å². The van der Waals surface area contributed by atoms with E-state index in [1.165, 1.54) is 17.9 Å². The lowest BCUT2D eigenvalue weighted by Crippen LogP contribution is -2.42. The van der Waals surface area contributed by atoms with Gasteiger partial charge in [0, 0.05) is 29.8 Å². The molecule has 1 aliphatic rings. The predicted molar refractivity (Wildman–Crippen MR) is 191 cm³/mol. The first kappa shape index (κ1) is 35.5. The van der Waals surface area contributed by atoms with Gasteiger partial charge in [0.05, 0.1) is 47.7 Å². The van der Waals surface area contributed by atoms with Gasteiger partial charge in [0.25, 0.3) is 5.56 Å². The van der Waals surface area contributed by atoms with Gasteiger partial charge in [-0.15, -0.1) is 0 Å². The van der Waals surface area contributed by atoms with Crippen molar-refractivity contribution in [2.45, 2.75) is 43.9 Å². The van der Waals surface area contributed by atoms with Crippen LogP contribution in [0.2, 0.25) is 0 Å². The van der Waals surface area contributed by atoms with Crippen molar-refractivity contribution in [3.8, 4) is 23.0 Å². The SMILES string of the molecule is COc1ccc(C(OC[C@H]2O[C@@H](n3cc(C)c(=O)n(Cc4ccc(OC)cc4OC)c3=O)C[C@H]2O)(c2ccccc2)c2ccc(OC)cc2)cc1. The highest BCUT2D eigenvalue weighted by Gasteiger charge is 2.42. The van der Waals surface area contributed by atoms with E-state index in [-0.39, 0.29) is 19.6 Å². The second kappa shape index (κ2) is 15.3. The standard InChI is InChI=1S/C40H42N2O9/c1-26-23-41(39(45)42(38(26)44)24-27-11-16-33(48-4)21-35(27)49-5)37-22-34(43)36(51-37)25-50-40(28-9-7-6-8-10-28,29-12-17-31(46-2)18-13-29)30-14-19-32(47-3)20-15-30/h6-21,23,34,36-37,43H,22,24-25H2,1-5H3/t34-,36-,37-/m1/s1. The lowest BCUT2D eigenvalue weighted by molar-refractivity contribution is -0.0946. The molecule has 11 nitrogen and oxygen atoms in total. The van der Waals surface area contributed by atoms with Crippen molar-refractivity contribution in [1.29, 1.82) is 0 Å². The Bertz CT molecular complexity index is 2010. The highest BCUT2D eigenvalue weighted by molar-refractivity contribution is 5.50. The first-order valence-electron chi connectivity index (χ1n) is 16.6. The van der Waals surface area contributed by atoms with Crippen LogP contribution in [-0.2, 0) is 21.6 Å². The van der Waals surface area contributed by atoms with E-state index in [9.17, 15) is 14.7 Å². The van der Waals surface area contributed by atoms with Crippen LogP contribution in [0.1, 0.15) is 40.5 Å². The minimum atomic E-state index is -1.13. The van der Waals surface area contributed by atoms with Gasteiger partial charge in [-0.3, -0.25) is 13.9 Å². The zero-order valence-corrected chi connectivity index (χ0v) is 29.3. The summed E-state index contributed by atoms with van der Waals surface area (Å²) in [6, 6.07) is 30.3. The van der Waals surface area contributed by atoms with Crippen molar-refractivity contribution in [3.05, 3.63) is 152 Å². The number of rotatable bonds is 13. The molecule has 4 aromatic carbocycles. The van der Waals surface area contributed by atoms with E-state index in [1.807, 2.05) is 78.9 Å². The number of aliphatic hydroxyl groups is 1. The molecule has 1 aliphatic heterocycles. The summed E-state index contributed by atoms with van der Waals surface area (Å²) < 4.78 is 37.6. The fraction of sp³-hybridized carbons (Fsp3) is 0.300. The molecule has 0 radical (unpaired) electrons. The summed E-state index contributed by atoms with van der Waals surface area (Å²) in [5.41, 5.74) is 1.37. The van der Waals surface area contributed by atoms with Crippen LogP contribution in [0.5, 0.6) is 23.0 Å². The maximum absolute atomic E-state index is 13.9. The molecular formula is C40H42N2O9. The zero-order valence-electron chi connectivity index (χ0n) is 29.3. The summed E-state index contributed by atoms with van der Waals surface area (Å²) in [7, 11) is 6.29. The van der Waals surface area contributed by atoms with Crippen LogP contribution in [0.3, 0.4) is 0 Å². The van der Waals surface area contributed by atoms with E-state index in [0.717, 1.165) is 21.3 Å². The molecule has 3 atom stereocenters. The van der Waals surface area contributed by atoms with Gasteiger partial charge in [-0.2, -0.15) is 0 Å². The normalized spacial score (nSPS) is 17.3. The molecule has 5 aromatic rings. The number of aromatic nitrogens is 2. The summed E-state index contributed by atoms with van der Waals surface area (Å²) in [6.45, 7) is 1.59. The van der Waals surface area contributed by atoms with Crippen molar-refractivity contribution in [2.24, 2.45) is 0 Å². The molecule has 11 heteroatoms. The summed E-state index contributed by atoms with van der Waals surface area (Å²) >= 11 is 0. The van der Waals surface area contributed by atoms with Crippen LogP contribution in [0.15, 0.2) is 113 Å². The van der Waals surface area contributed by atoms with Gasteiger partial charge in [-0.1, -0.05) is 54.6 Å².